The first-order valence-corrected chi connectivity index (χ1v) is 14.6. The highest BCUT2D eigenvalue weighted by molar-refractivity contribution is 6.04. The van der Waals surface area contributed by atoms with Gasteiger partial charge in [0.2, 0.25) is 5.91 Å². The molecule has 2 aromatic rings. The number of nitrogens with one attached hydrogen (secondary N) is 3. The number of hydrogen-bond acceptors (Lipinski definition) is 7. The van der Waals surface area contributed by atoms with Crippen molar-refractivity contribution < 1.29 is 28.6 Å². The summed E-state index contributed by atoms with van der Waals surface area (Å²) in [4.78, 5) is 35.6. The van der Waals surface area contributed by atoms with E-state index in [1.165, 1.54) is 39.2 Å². The van der Waals surface area contributed by atoms with E-state index in [-0.39, 0.29) is 30.1 Å². The van der Waals surface area contributed by atoms with Crippen LogP contribution in [0.5, 0.6) is 5.75 Å². The largest absolute Gasteiger partial charge is 0.491 e. The lowest BCUT2D eigenvalue weighted by Gasteiger charge is -2.13. The quantitative estimate of drug-likeness (QED) is 0.0993. The number of amides is 2. The number of methoxy groups -OCH3 is 1. The lowest BCUT2D eigenvalue weighted by atomic mass is 10.0. The Bertz CT molecular complexity index is 1130. The fraction of sp³-hybridized carbons (Fsp3) is 0.500. The van der Waals surface area contributed by atoms with Gasteiger partial charge in [0.1, 0.15) is 18.2 Å². The first-order chi connectivity index (χ1) is 19.9. The minimum atomic E-state index is -0.603. The van der Waals surface area contributed by atoms with Gasteiger partial charge >= 0.3 is 12.1 Å². The molecule has 0 radical (unpaired) electrons. The molecule has 0 aliphatic carbocycles. The SMILES string of the molecule is CCCCCCCCCCOC(=O)NC(=N)c1ccc(-c2ccc(OC[C@@H]3C[C@@H](CC(=O)OC)C(=O)N3)cc2)cc1. The fourth-order valence-electron chi connectivity index (χ4n) is 4.78. The van der Waals surface area contributed by atoms with E-state index < -0.39 is 12.1 Å². The van der Waals surface area contributed by atoms with E-state index in [2.05, 4.69) is 22.3 Å². The van der Waals surface area contributed by atoms with E-state index in [0.717, 1.165) is 30.4 Å². The van der Waals surface area contributed by atoms with Crippen molar-refractivity contribution in [1.82, 2.24) is 10.6 Å². The third-order valence-corrected chi connectivity index (χ3v) is 7.20. The fourth-order valence-corrected chi connectivity index (χ4v) is 4.78. The molecular weight excluding hydrogens is 522 g/mol. The van der Waals surface area contributed by atoms with E-state index in [4.69, 9.17) is 14.9 Å². The third kappa shape index (κ3) is 10.9. The van der Waals surface area contributed by atoms with Gasteiger partial charge in [0.25, 0.3) is 0 Å². The normalized spacial score (nSPS) is 16.1. The van der Waals surface area contributed by atoms with Crippen LogP contribution < -0.4 is 15.4 Å². The highest BCUT2D eigenvalue weighted by atomic mass is 16.5. The van der Waals surface area contributed by atoms with Gasteiger partial charge < -0.3 is 19.5 Å². The van der Waals surface area contributed by atoms with Crippen molar-refractivity contribution in [2.24, 2.45) is 5.92 Å². The predicted molar refractivity (Wildman–Crippen MR) is 158 cm³/mol. The molecule has 0 aromatic heterocycles. The van der Waals surface area contributed by atoms with Gasteiger partial charge in [-0.25, -0.2) is 4.79 Å². The monoisotopic (exact) mass is 565 g/mol. The number of amidine groups is 1. The zero-order valence-electron chi connectivity index (χ0n) is 24.2. The van der Waals surface area contributed by atoms with Crippen LogP contribution in [-0.4, -0.2) is 50.2 Å². The van der Waals surface area contributed by atoms with E-state index in [0.29, 0.717) is 30.9 Å². The smallest absolute Gasteiger partial charge is 0.412 e. The number of benzene rings is 2. The van der Waals surface area contributed by atoms with Crippen LogP contribution >= 0.6 is 0 Å². The molecule has 2 atom stereocenters. The molecule has 0 bridgehead atoms. The number of esters is 1. The van der Waals surface area contributed by atoms with E-state index in [1.807, 2.05) is 36.4 Å². The van der Waals surface area contributed by atoms with Gasteiger partial charge in [-0.2, -0.15) is 0 Å². The Kier molecular flexibility index (Phi) is 13.2. The molecule has 1 heterocycles. The van der Waals surface area contributed by atoms with Crippen LogP contribution in [0.1, 0.15) is 76.7 Å². The van der Waals surface area contributed by atoms with Gasteiger partial charge in [-0.15, -0.1) is 0 Å². The number of carbonyl (C=O) groups excluding carboxylic acids is 3. The number of ether oxygens (including phenoxy) is 3. The minimum Gasteiger partial charge on any atom is -0.491 e. The van der Waals surface area contributed by atoms with Gasteiger partial charge in [-0.3, -0.25) is 20.3 Å². The summed E-state index contributed by atoms with van der Waals surface area (Å²) in [5.41, 5.74) is 2.52. The van der Waals surface area contributed by atoms with E-state index >= 15 is 0 Å². The maximum Gasteiger partial charge on any atom is 0.412 e. The molecular formula is C32H43N3O6. The molecule has 9 nitrogen and oxygen atoms in total. The predicted octanol–water partition coefficient (Wildman–Crippen LogP) is 5.99. The summed E-state index contributed by atoms with van der Waals surface area (Å²) in [7, 11) is 1.31. The molecule has 2 aromatic carbocycles. The van der Waals surface area contributed by atoms with Crippen molar-refractivity contribution in [3.05, 3.63) is 54.1 Å². The molecule has 9 heteroatoms. The van der Waals surface area contributed by atoms with Crippen molar-refractivity contribution in [2.45, 2.75) is 77.2 Å². The molecule has 3 N–H and O–H groups in total. The highest BCUT2D eigenvalue weighted by Crippen LogP contribution is 2.24. The van der Waals surface area contributed by atoms with Gasteiger partial charge in [-0.05, 0) is 36.1 Å². The van der Waals surface area contributed by atoms with Crippen molar-refractivity contribution >= 4 is 23.8 Å². The second-order valence-electron chi connectivity index (χ2n) is 10.4. The van der Waals surface area contributed by atoms with Crippen molar-refractivity contribution in [1.29, 1.82) is 5.41 Å². The zero-order valence-corrected chi connectivity index (χ0v) is 24.2. The van der Waals surface area contributed by atoms with Crippen molar-refractivity contribution in [2.75, 3.05) is 20.3 Å². The topological polar surface area (TPSA) is 127 Å². The standard InChI is InChI=1S/C32H43N3O6/c1-3-4-5-6-7-8-9-10-19-40-32(38)35-30(33)25-13-11-23(12-14-25)24-15-17-28(18-16-24)41-22-27-20-26(31(37)34-27)21-29(36)39-2/h11-18,26-27H,3-10,19-22H2,1-2H3,(H,34,37)(H2,33,35,38)/t26-,27-/m0/s1. The summed E-state index contributed by atoms with van der Waals surface area (Å²) >= 11 is 0. The molecule has 0 unspecified atom stereocenters. The summed E-state index contributed by atoms with van der Waals surface area (Å²) in [6, 6.07) is 14.8. The van der Waals surface area contributed by atoms with Crippen molar-refractivity contribution in [3.63, 3.8) is 0 Å². The van der Waals surface area contributed by atoms with Crippen LogP contribution in [0.3, 0.4) is 0 Å². The summed E-state index contributed by atoms with van der Waals surface area (Å²) in [5.74, 6) is -0.262. The second kappa shape index (κ2) is 17.0. The molecule has 41 heavy (non-hydrogen) atoms. The first-order valence-electron chi connectivity index (χ1n) is 14.6. The summed E-state index contributed by atoms with van der Waals surface area (Å²) < 4.78 is 15.7. The summed E-state index contributed by atoms with van der Waals surface area (Å²) in [5, 5.41) is 13.6. The molecule has 1 aliphatic rings. The van der Waals surface area contributed by atoms with Crippen LogP contribution in [0.25, 0.3) is 11.1 Å². The Morgan fingerprint density at radius 3 is 2.17 bits per heavy atom. The molecule has 1 fully saturated rings. The van der Waals surface area contributed by atoms with Gasteiger partial charge in [0, 0.05) is 5.56 Å². The average molecular weight is 566 g/mol. The maximum absolute atomic E-state index is 12.1. The maximum atomic E-state index is 12.1. The number of alkyl carbamates (subject to hydrolysis) is 1. The van der Waals surface area contributed by atoms with Gasteiger partial charge in [0.05, 0.1) is 32.1 Å². The lowest BCUT2D eigenvalue weighted by molar-refractivity contribution is -0.143. The Hall–Kier alpha value is -3.88. The Morgan fingerprint density at radius 1 is 0.927 bits per heavy atom. The number of hydrogen-bond donors (Lipinski definition) is 3. The number of unbranched alkanes of at least 4 members (excludes halogenated alkanes) is 7. The molecule has 3 rings (SSSR count). The Balaban J connectivity index is 1.37. The zero-order chi connectivity index (χ0) is 29.5. The van der Waals surface area contributed by atoms with Crippen LogP contribution in [0.15, 0.2) is 48.5 Å². The third-order valence-electron chi connectivity index (χ3n) is 7.20. The number of carbonyl (C=O) groups is 3. The Morgan fingerprint density at radius 2 is 1.54 bits per heavy atom. The van der Waals surface area contributed by atoms with E-state index in [1.54, 1.807) is 12.1 Å². The summed E-state index contributed by atoms with van der Waals surface area (Å²) in [6.45, 7) is 2.89. The highest BCUT2D eigenvalue weighted by Gasteiger charge is 2.34. The van der Waals surface area contributed by atoms with Crippen LogP contribution in [0.2, 0.25) is 0 Å². The molecule has 0 spiro atoms. The van der Waals surface area contributed by atoms with Gasteiger partial charge in [-0.1, -0.05) is 88.3 Å². The summed E-state index contributed by atoms with van der Waals surface area (Å²) in [6.07, 6.45) is 9.39. The Labute approximate surface area is 242 Å². The molecule has 222 valence electrons. The van der Waals surface area contributed by atoms with E-state index in [9.17, 15) is 14.4 Å². The molecule has 1 saturated heterocycles. The molecule has 2 amide bonds. The average Bonchev–Trinajstić information content (AvgIpc) is 3.33. The van der Waals surface area contributed by atoms with Crippen molar-refractivity contribution in [3.8, 4) is 16.9 Å². The van der Waals surface area contributed by atoms with Crippen LogP contribution in [-0.2, 0) is 19.1 Å². The van der Waals surface area contributed by atoms with Crippen LogP contribution in [0, 0.1) is 11.3 Å². The van der Waals surface area contributed by atoms with Gasteiger partial charge in [0.15, 0.2) is 0 Å². The lowest BCUT2D eigenvalue weighted by Crippen LogP contribution is -2.31. The number of rotatable bonds is 16. The minimum absolute atomic E-state index is 0.00551. The molecule has 0 saturated carbocycles. The second-order valence-corrected chi connectivity index (χ2v) is 10.4. The van der Waals surface area contributed by atoms with Crippen LogP contribution in [0.4, 0.5) is 4.79 Å². The molecule has 1 aliphatic heterocycles. The first kappa shape index (κ1) is 31.6.